The third-order valence-electron chi connectivity index (χ3n) is 5.21. The first kappa shape index (κ1) is 19.1. The Kier molecular flexibility index (Phi) is 5.89. The number of rotatable bonds is 6. The predicted molar refractivity (Wildman–Crippen MR) is 101 cm³/mol. The summed E-state index contributed by atoms with van der Waals surface area (Å²) in [6, 6.07) is 15.9. The van der Waals surface area contributed by atoms with Gasteiger partial charge in [0, 0.05) is 25.4 Å². The highest BCUT2D eigenvalue weighted by Gasteiger charge is 2.40. The lowest BCUT2D eigenvalue weighted by Gasteiger charge is -2.19. The summed E-state index contributed by atoms with van der Waals surface area (Å²) in [6.07, 6.45) is 0.937. The predicted octanol–water partition coefficient (Wildman–Crippen LogP) is 3.72. The van der Waals surface area contributed by atoms with Crippen molar-refractivity contribution in [2.24, 2.45) is 11.8 Å². The number of nitrogens with zero attached hydrogens (tertiary/aromatic N) is 1. The van der Waals surface area contributed by atoms with Crippen molar-refractivity contribution in [2.45, 2.75) is 25.7 Å². The van der Waals surface area contributed by atoms with Crippen LogP contribution in [0, 0.1) is 17.7 Å². The van der Waals surface area contributed by atoms with E-state index in [-0.39, 0.29) is 30.1 Å². The number of amides is 1. The molecule has 1 aliphatic heterocycles. The summed E-state index contributed by atoms with van der Waals surface area (Å²) >= 11 is 0. The summed E-state index contributed by atoms with van der Waals surface area (Å²) in [4.78, 5) is 26.1. The number of likely N-dealkylation sites (tertiary alicyclic amines) is 1. The van der Waals surface area contributed by atoms with Crippen molar-refractivity contribution in [3.63, 3.8) is 0 Å². The Labute approximate surface area is 158 Å². The van der Waals surface area contributed by atoms with Crippen molar-refractivity contribution in [1.82, 2.24) is 4.90 Å². The monoisotopic (exact) mass is 369 g/mol. The van der Waals surface area contributed by atoms with E-state index in [2.05, 4.69) is 0 Å². The zero-order chi connectivity index (χ0) is 19.4. The summed E-state index contributed by atoms with van der Waals surface area (Å²) in [5.74, 6) is -1.91. The van der Waals surface area contributed by atoms with Crippen LogP contribution >= 0.6 is 0 Å². The molecule has 0 aliphatic carbocycles. The van der Waals surface area contributed by atoms with Crippen LogP contribution in [0.15, 0.2) is 54.6 Å². The summed E-state index contributed by atoms with van der Waals surface area (Å²) in [6.45, 7) is 2.62. The second-order valence-electron chi connectivity index (χ2n) is 7.40. The average Bonchev–Trinajstić information content (AvgIpc) is 3.08. The number of hydrogen-bond donors (Lipinski definition) is 1. The molecule has 0 aromatic heterocycles. The van der Waals surface area contributed by atoms with Crippen molar-refractivity contribution in [3.8, 4) is 0 Å². The lowest BCUT2D eigenvalue weighted by atomic mass is 9.89. The van der Waals surface area contributed by atoms with Gasteiger partial charge in [-0.15, -0.1) is 0 Å². The third kappa shape index (κ3) is 4.73. The van der Waals surface area contributed by atoms with Gasteiger partial charge >= 0.3 is 5.97 Å². The molecule has 1 unspecified atom stereocenters. The Morgan fingerprint density at radius 3 is 2.56 bits per heavy atom. The van der Waals surface area contributed by atoms with Crippen LogP contribution in [0.1, 0.15) is 30.4 Å². The van der Waals surface area contributed by atoms with E-state index in [9.17, 15) is 19.1 Å². The van der Waals surface area contributed by atoms with Crippen LogP contribution in [0.4, 0.5) is 4.39 Å². The minimum Gasteiger partial charge on any atom is -0.481 e. The maximum Gasteiger partial charge on any atom is 0.308 e. The van der Waals surface area contributed by atoms with Crippen molar-refractivity contribution in [2.75, 3.05) is 13.1 Å². The average molecular weight is 369 g/mol. The molecular weight excluding hydrogens is 345 g/mol. The molecule has 5 heteroatoms. The van der Waals surface area contributed by atoms with Crippen LogP contribution in [0.3, 0.4) is 0 Å². The van der Waals surface area contributed by atoms with Gasteiger partial charge in [0.2, 0.25) is 5.91 Å². The Morgan fingerprint density at radius 1 is 1.15 bits per heavy atom. The van der Waals surface area contributed by atoms with E-state index in [1.165, 1.54) is 12.1 Å². The largest absolute Gasteiger partial charge is 0.481 e. The smallest absolute Gasteiger partial charge is 0.308 e. The normalized spacial score (nSPS) is 20.4. The second kappa shape index (κ2) is 8.33. The van der Waals surface area contributed by atoms with Gasteiger partial charge in [0.15, 0.2) is 0 Å². The van der Waals surface area contributed by atoms with Crippen molar-refractivity contribution in [1.29, 1.82) is 0 Å². The van der Waals surface area contributed by atoms with Crippen LogP contribution in [-0.2, 0) is 16.0 Å². The first-order valence-electron chi connectivity index (χ1n) is 9.24. The highest BCUT2D eigenvalue weighted by molar-refractivity contribution is 5.79. The van der Waals surface area contributed by atoms with Gasteiger partial charge in [0.05, 0.1) is 5.92 Å². The number of benzene rings is 2. The molecule has 0 bridgehead atoms. The number of aliphatic carboxylic acids is 1. The minimum atomic E-state index is -0.869. The van der Waals surface area contributed by atoms with Crippen molar-refractivity contribution >= 4 is 11.9 Å². The molecular formula is C22H24FNO3. The van der Waals surface area contributed by atoms with Gasteiger partial charge in [0.25, 0.3) is 0 Å². The van der Waals surface area contributed by atoms with Crippen LogP contribution < -0.4 is 0 Å². The number of halogens is 1. The number of carboxylic acids is 1. The highest BCUT2D eigenvalue weighted by atomic mass is 19.1. The van der Waals surface area contributed by atoms with Gasteiger partial charge in [-0.3, -0.25) is 9.59 Å². The molecule has 2 aromatic rings. The number of carboxylic acid groups (broad SMARTS) is 1. The van der Waals surface area contributed by atoms with Crippen LogP contribution in [0.2, 0.25) is 0 Å². The fraction of sp³-hybridized carbons (Fsp3) is 0.364. The number of hydrogen-bond acceptors (Lipinski definition) is 2. The quantitative estimate of drug-likeness (QED) is 0.844. The van der Waals surface area contributed by atoms with Crippen LogP contribution in [0.25, 0.3) is 0 Å². The molecule has 1 heterocycles. The summed E-state index contributed by atoms with van der Waals surface area (Å²) in [5, 5.41) is 9.57. The molecule has 2 aromatic carbocycles. The molecule has 3 atom stereocenters. The van der Waals surface area contributed by atoms with Crippen molar-refractivity contribution < 1.29 is 19.1 Å². The fourth-order valence-electron chi connectivity index (χ4n) is 3.86. The van der Waals surface area contributed by atoms with Gasteiger partial charge in [-0.25, -0.2) is 4.39 Å². The molecule has 0 spiro atoms. The lowest BCUT2D eigenvalue weighted by Crippen LogP contribution is -2.31. The van der Waals surface area contributed by atoms with E-state index in [1.54, 1.807) is 11.0 Å². The summed E-state index contributed by atoms with van der Waals surface area (Å²) < 4.78 is 13.3. The van der Waals surface area contributed by atoms with Gasteiger partial charge in [0.1, 0.15) is 5.82 Å². The van der Waals surface area contributed by atoms with E-state index < -0.39 is 11.9 Å². The van der Waals surface area contributed by atoms with E-state index in [0.29, 0.717) is 19.4 Å². The highest BCUT2D eigenvalue weighted by Crippen LogP contribution is 2.33. The number of carbonyl (C=O) groups is 2. The lowest BCUT2D eigenvalue weighted by molar-refractivity contribution is -0.141. The van der Waals surface area contributed by atoms with Crippen molar-refractivity contribution in [3.05, 3.63) is 71.5 Å². The van der Waals surface area contributed by atoms with Gasteiger partial charge in [-0.2, -0.15) is 0 Å². The zero-order valence-corrected chi connectivity index (χ0v) is 15.3. The van der Waals surface area contributed by atoms with Gasteiger partial charge in [-0.1, -0.05) is 49.4 Å². The van der Waals surface area contributed by atoms with Gasteiger partial charge in [-0.05, 0) is 35.6 Å². The van der Waals surface area contributed by atoms with E-state index in [1.807, 2.05) is 43.3 Å². The Morgan fingerprint density at radius 2 is 1.89 bits per heavy atom. The molecule has 1 N–H and O–H groups in total. The zero-order valence-electron chi connectivity index (χ0n) is 15.3. The van der Waals surface area contributed by atoms with Crippen LogP contribution in [0.5, 0.6) is 0 Å². The molecule has 3 rings (SSSR count). The van der Waals surface area contributed by atoms with Gasteiger partial charge < -0.3 is 10.0 Å². The fourth-order valence-corrected chi connectivity index (χ4v) is 3.86. The molecule has 142 valence electrons. The summed E-state index contributed by atoms with van der Waals surface area (Å²) in [5.41, 5.74) is 1.82. The molecule has 1 aliphatic rings. The number of carbonyl (C=O) groups excluding carboxylic acids is 1. The molecule has 1 saturated heterocycles. The van der Waals surface area contributed by atoms with E-state index in [0.717, 1.165) is 11.1 Å². The molecule has 1 amide bonds. The Hall–Kier alpha value is -2.69. The first-order valence-corrected chi connectivity index (χ1v) is 9.24. The second-order valence-corrected chi connectivity index (χ2v) is 7.40. The maximum absolute atomic E-state index is 13.3. The Balaban J connectivity index is 1.63. The Bertz CT molecular complexity index is 808. The first-order chi connectivity index (χ1) is 12.9. The molecule has 0 radical (unpaired) electrons. The molecule has 1 fully saturated rings. The van der Waals surface area contributed by atoms with E-state index >= 15 is 0 Å². The topological polar surface area (TPSA) is 57.6 Å². The standard InChI is InChI=1S/C22H24FNO3/c1-15(10-16-6-5-9-18(23)12-16)11-21(25)24-13-19(20(14-24)22(26)27)17-7-3-2-4-8-17/h2-9,12,15,19-20H,10-11,13-14H2,1H3,(H,26,27)/t15?,19-,20-/m0/s1. The van der Waals surface area contributed by atoms with Crippen LogP contribution in [-0.4, -0.2) is 35.0 Å². The maximum atomic E-state index is 13.3. The molecule has 0 saturated carbocycles. The minimum absolute atomic E-state index is 0.0383. The van der Waals surface area contributed by atoms with E-state index in [4.69, 9.17) is 0 Å². The summed E-state index contributed by atoms with van der Waals surface area (Å²) in [7, 11) is 0. The molecule has 4 nitrogen and oxygen atoms in total. The molecule has 27 heavy (non-hydrogen) atoms. The SMILES string of the molecule is CC(CC(=O)N1C[C@H](C(=O)O)[C@H](c2ccccc2)C1)Cc1cccc(F)c1. The third-order valence-corrected chi connectivity index (χ3v) is 5.21.